The molecule has 0 saturated carbocycles. The zero-order valence-corrected chi connectivity index (χ0v) is 8.32. The number of halogens is 5. The summed E-state index contributed by atoms with van der Waals surface area (Å²) >= 11 is 10.4. The Morgan fingerprint density at radius 3 is 2.53 bits per heavy atom. The molecule has 0 aliphatic carbocycles. The minimum absolute atomic E-state index is 0.447. The van der Waals surface area contributed by atoms with Gasteiger partial charge < -0.3 is 4.74 Å². The van der Waals surface area contributed by atoms with E-state index in [4.69, 9.17) is 23.2 Å². The van der Waals surface area contributed by atoms with Crippen molar-refractivity contribution in [1.82, 2.24) is 4.98 Å². The van der Waals surface area contributed by atoms with Gasteiger partial charge in [-0.05, 0) is 17.7 Å². The van der Waals surface area contributed by atoms with Crippen molar-refractivity contribution in [3.63, 3.8) is 0 Å². The molecule has 1 aromatic heterocycles. The van der Waals surface area contributed by atoms with Gasteiger partial charge in [-0.15, -0.1) is 13.2 Å². The van der Waals surface area contributed by atoms with Gasteiger partial charge in [0.25, 0.3) is 5.24 Å². The van der Waals surface area contributed by atoms with Crippen LogP contribution >= 0.6 is 23.2 Å². The highest BCUT2D eigenvalue weighted by atomic mass is 35.5. The third-order valence-corrected chi connectivity index (χ3v) is 1.76. The van der Waals surface area contributed by atoms with Crippen LogP contribution in [-0.2, 0) is 0 Å². The van der Waals surface area contributed by atoms with Gasteiger partial charge in [-0.2, -0.15) is 0 Å². The molecule has 0 fully saturated rings. The first-order valence-electron chi connectivity index (χ1n) is 3.41. The van der Waals surface area contributed by atoms with Crippen LogP contribution in [-0.4, -0.2) is 16.6 Å². The number of hydrogen-bond acceptors (Lipinski definition) is 3. The summed E-state index contributed by atoms with van der Waals surface area (Å²) in [5, 5.41) is -1.62. The van der Waals surface area contributed by atoms with Crippen LogP contribution in [0.25, 0.3) is 0 Å². The van der Waals surface area contributed by atoms with E-state index in [1.165, 1.54) is 0 Å². The van der Waals surface area contributed by atoms with Gasteiger partial charge in [-0.1, -0.05) is 11.6 Å². The van der Waals surface area contributed by atoms with E-state index in [2.05, 4.69) is 9.72 Å². The quantitative estimate of drug-likeness (QED) is 0.606. The molecule has 1 aromatic rings. The van der Waals surface area contributed by atoms with Gasteiger partial charge in [-0.3, -0.25) is 4.79 Å². The molecule has 0 unspecified atom stereocenters. The van der Waals surface area contributed by atoms with Gasteiger partial charge in [-0.25, -0.2) is 4.98 Å². The van der Waals surface area contributed by atoms with Crippen LogP contribution in [0.1, 0.15) is 10.4 Å². The summed E-state index contributed by atoms with van der Waals surface area (Å²) in [6, 6.07) is 0.842. The molecule has 0 bridgehead atoms. The number of carbonyl (C=O) groups excluding carboxylic acids is 1. The standard InChI is InChI=1S/C7H2Cl2F3NO2/c8-5-4(6(9)14)3(1-2-13-5)15-7(10,11)12/h1-2H. The molecule has 0 atom stereocenters. The van der Waals surface area contributed by atoms with Crippen LogP contribution in [0.2, 0.25) is 5.15 Å². The predicted octanol–water partition coefficient (Wildman–Crippen LogP) is 3.01. The Labute approximate surface area is 91.8 Å². The van der Waals surface area contributed by atoms with Crippen molar-refractivity contribution in [3.8, 4) is 5.75 Å². The smallest absolute Gasteiger partial charge is 0.405 e. The highest BCUT2D eigenvalue weighted by Crippen LogP contribution is 2.30. The van der Waals surface area contributed by atoms with Crippen molar-refractivity contribution < 1.29 is 22.7 Å². The molecule has 82 valence electrons. The number of carbonyl (C=O) groups is 1. The van der Waals surface area contributed by atoms with Crippen LogP contribution in [0.15, 0.2) is 12.3 Å². The second-order valence-electron chi connectivity index (χ2n) is 2.30. The van der Waals surface area contributed by atoms with Crippen LogP contribution in [0.4, 0.5) is 13.2 Å². The largest absolute Gasteiger partial charge is 0.573 e. The van der Waals surface area contributed by atoms with Crippen LogP contribution in [0.3, 0.4) is 0 Å². The second-order valence-corrected chi connectivity index (χ2v) is 3.00. The SMILES string of the molecule is O=C(Cl)c1c(OC(F)(F)F)ccnc1Cl. The molecule has 0 aliphatic rings. The van der Waals surface area contributed by atoms with Gasteiger partial charge >= 0.3 is 6.36 Å². The Morgan fingerprint density at radius 1 is 1.47 bits per heavy atom. The van der Waals surface area contributed by atoms with E-state index < -0.39 is 28.1 Å². The molecule has 0 saturated heterocycles. The number of nitrogens with zero attached hydrogens (tertiary/aromatic N) is 1. The fraction of sp³-hybridized carbons (Fsp3) is 0.143. The Balaban J connectivity index is 3.18. The van der Waals surface area contributed by atoms with E-state index in [1.807, 2.05) is 0 Å². The Hall–Kier alpha value is -1.01. The average molecular weight is 260 g/mol. The maximum Gasteiger partial charge on any atom is 0.573 e. The van der Waals surface area contributed by atoms with Gasteiger partial charge in [0.05, 0.1) is 0 Å². The molecule has 8 heteroatoms. The lowest BCUT2D eigenvalue weighted by Crippen LogP contribution is -2.18. The molecule has 1 rings (SSSR count). The lowest BCUT2D eigenvalue weighted by atomic mass is 10.3. The third-order valence-electron chi connectivity index (χ3n) is 1.29. The van der Waals surface area contributed by atoms with Gasteiger partial charge in [0.2, 0.25) is 0 Å². The van der Waals surface area contributed by atoms with Gasteiger partial charge in [0, 0.05) is 6.20 Å². The lowest BCUT2D eigenvalue weighted by molar-refractivity contribution is -0.274. The maximum atomic E-state index is 11.9. The normalized spacial score (nSPS) is 11.3. The summed E-state index contributed by atoms with van der Waals surface area (Å²) in [5.41, 5.74) is -0.613. The highest BCUT2D eigenvalue weighted by molar-refractivity contribution is 6.69. The fourth-order valence-corrected chi connectivity index (χ4v) is 1.27. The average Bonchev–Trinajstić information content (AvgIpc) is 1.99. The van der Waals surface area contributed by atoms with Crippen molar-refractivity contribution in [3.05, 3.63) is 23.0 Å². The van der Waals surface area contributed by atoms with Crippen molar-refractivity contribution in [2.24, 2.45) is 0 Å². The molecule has 1 heterocycles. The zero-order chi connectivity index (χ0) is 11.6. The Kier molecular flexibility index (Phi) is 3.41. The first-order chi connectivity index (χ1) is 6.81. The van der Waals surface area contributed by atoms with Crippen molar-refractivity contribution in [2.45, 2.75) is 6.36 Å². The fourth-order valence-electron chi connectivity index (χ4n) is 0.808. The molecule has 0 amide bonds. The predicted molar refractivity (Wildman–Crippen MR) is 46.1 cm³/mol. The third kappa shape index (κ3) is 3.24. The van der Waals surface area contributed by atoms with E-state index in [9.17, 15) is 18.0 Å². The monoisotopic (exact) mass is 259 g/mol. The van der Waals surface area contributed by atoms with Crippen molar-refractivity contribution >= 4 is 28.4 Å². The van der Waals surface area contributed by atoms with Crippen molar-refractivity contribution in [2.75, 3.05) is 0 Å². The van der Waals surface area contributed by atoms with E-state index in [0.29, 0.717) is 0 Å². The molecule has 0 aliphatic heterocycles. The van der Waals surface area contributed by atoms with E-state index in [1.54, 1.807) is 0 Å². The topological polar surface area (TPSA) is 39.2 Å². The van der Waals surface area contributed by atoms with Gasteiger partial charge in [0.15, 0.2) is 0 Å². The molecule has 3 nitrogen and oxygen atoms in total. The molecule has 15 heavy (non-hydrogen) atoms. The summed E-state index contributed by atoms with van der Waals surface area (Å²) in [5.74, 6) is -0.775. The molecule has 0 radical (unpaired) electrons. The summed E-state index contributed by atoms with van der Waals surface area (Å²) in [6.45, 7) is 0. The molecule has 0 N–H and O–H groups in total. The molecule has 0 aromatic carbocycles. The van der Waals surface area contributed by atoms with Crippen molar-refractivity contribution in [1.29, 1.82) is 0 Å². The van der Waals surface area contributed by atoms with E-state index >= 15 is 0 Å². The molecular formula is C7H2Cl2F3NO2. The Morgan fingerprint density at radius 2 is 2.07 bits per heavy atom. The number of rotatable bonds is 2. The maximum absolute atomic E-state index is 11.9. The van der Waals surface area contributed by atoms with Crippen LogP contribution in [0, 0.1) is 0 Å². The number of alkyl halides is 3. The zero-order valence-electron chi connectivity index (χ0n) is 6.81. The molecule has 0 spiro atoms. The summed E-state index contributed by atoms with van der Waals surface area (Å²) < 4.78 is 39.2. The van der Waals surface area contributed by atoms with E-state index in [0.717, 1.165) is 12.3 Å². The minimum atomic E-state index is -4.92. The summed E-state index contributed by atoms with van der Waals surface area (Å²) in [7, 11) is 0. The number of pyridine rings is 1. The molecular weight excluding hydrogens is 258 g/mol. The highest BCUT2D eigenvalue weighted by Gasteiger charge is 2.33. The van der Waals surface area contributed by atoms with E-state index in [-0.39, 0.29) is 0 Å². The number of aromatic nitrogens is 1. The lowest BCUT2D eigenvalue weighted by Gasteiger charge is -2.11. The first-order valence-corrected chi connectivity index (χ1v) is 4.17. The van der Waals surface area contributed by atoms with Crippen LogP contribution < -0.4 is 4.74 Å². The number of ether oxygens (including phenoxy) is 1. The Bertz CT molecular complexity index is 394. The van der Waals surface area contributed by atoms with Gasteiger partial charge in [0.1, 0.15) is 16.5 Å². The first kappa shape index (κ1) is 12.1. The minimum Gasteiger partial charge on any atom is -0.405 e. The summed E-state index contributed by atoms with van der Waals surface area (Å²) in [6.07, 6.45) is -3.96. The van der Waals surface area contributed by atoms with Crippen LogP contribution in [0.5, 0.6) is 5.75 Å². The second kappa shape index (κ2) is 4.24. The number of hydrogen-bond donors (Lipinski definition) is 0. The summed E-state index contributed by atoms with van der Waals surface area (Å²) in [4.78, 5) is 14.2.